The SMILES string of the molecule is Cc1ccc(N=C=O)c(Cc2c[nH]c3ccccc23)c1. The van der Waals surface area contributed by atoms with E-state index in [1.807, 2.05) is 37.4 Å². The van der Waals surface area contributed by atoms with Crippen molar-refractivity contribution in [2.75, 3.05) is 0 Å². The molecule has 0 unspecified atom stereocenters. The van der Waals surface area contributed by atoms with E-state index in [1.165, 1.54) is 10.9 Å². The molecule has 0 bridgehead atoms. The Morgan fingerprint density at radius 2 is 2.00 bits per heavy atom. The van der Waals surface area contributed by atoms with Gasteiger partial charge in [-0.15, -0.1) is 0 Å². The van der Waals surface area contributed by atoms with E-state index in [2.05, 4.69) is 28.2 Å². The summed E-state index contributed by atoms with van der Waals surface area (Å²) >= 11 is 0. The van der Waals surface area contributed by atoms with Crippen molar-refractivity contribution in [3.05, 3.63) is 65.4 Å². The van der Waals surface area contributed by atoms with Crippen molar-refractivity contribution >= 4 is 22.7 Å². The maximum atomic E-state index is 10.5. The van der Waals surface area contributed by atoms with Crippen molar-refractivity contribution in [2.45, 2.75) is 13.3 Å². The molecule has 3 nitrogen and oxygen atoms in total. The number of para-hydroxylation sites is 1. The second-order valence-corrected chi connectivity index (χ2v) is 4.87. The summed E-state index contributed by atoms with van der Waals surface area (Å²) in [7, 11) is 0. The highest BCUT2D eigenvalue weighted by molar-refractivity contribution is 5.83. The zero-order valence-corrected chi connectivity index (χ0v) is 11.2. The molecule has 98 valence electrons. The van der Waals surface area contributed by atoms with Gasteiger partial charge in [0.2, 0.25) is 6.08 Å². The number of rotatable bonds is 3. The van der Waals surface area contributed by atoms with E-state index in [0.717, 1.165) is 23.1 Å². The van der Waals surface area contributed by atoms with E-state index >= 15 is 0 Å². The number of nitrogens with one attached hydrogen (secondary N) is 1. The molecule has 3 rings (SSSR count). The minimum Gasteiger partial charge on any atom is -0.361 e. The minimum absolute atomic E-state index is 0.691. The van der Waals surface area contributed by atoms with Crippen molar-refractivity contribution in [1.82, 2.24) is 4.98 Å². The van der Waals surface area contributed by atoms with Gasteiger partial charge in [-0.3, -0.25) is 0 Å². The molecule has 0 saturated heterocycles. The number of hydrogen-bond acceptors (Lipinski definition) is 2. The smallest absolute Gasteiger partial charge is 0.240 e. The number of aromatic nitrogens is 1. The third-order valence-electron chi connectivity index (χ3n) is 3.46. The molecule has 0 atom stereocenters. The molecule has 1 aromatic heterocycles. The average molecular weight is 262 g/mol. The van der Waals surface area contributed by atoms with Crippen molar-refractivity contribution in [3.8, 4) is 0 Å². The lowest BCUT2D eigenvalue weighted by atomic mass is 10.0. The van der Waals surface area contributed by atoms with Gasteiger partial charge in [0.15, 0.2) is 0 Å². The first-order valence-corrected chi connectivity index (χ1v) is 6.50. The molecule has 1 heterocycles. The number of benzene rings is 2. The predicted molar refractivity (Wildman–Crippen MR) is 80.1 cm³/mol. The maximum absolute atomic E-state index is 10.5. The third-order valence-corrected chi connectivity index (χ3v) is 3.46. The van der Waals surface area contributed by atoms with Crippen LogP contribution < -0.4 is 0 Å². The number of carbonyl (C=O) groups excluding carboxylic acids is 1. The summed E-state index contributed by atoms with van der Waals surface area (Å²) in [4.78, 5) is 17.6. The molecule has 0 aliphatic carbocycles. The highest BCUT2D eigenvalue weighted by Crippen LogP contribution is 2.26. The first-order valence-electron chi connectivity index (χ1n) is 6.50. The standard InChI is InChI=1S/C17H14N2O/c1-12-6-7-16(19-11-20)13(8-12)9-14-10-18-17-5-3-2-4-15(14)17/h2-8,10,18H,9H2,1H3. The molecule has 0 fully saturated rings. The van der Waals surface area contributed by atoms with Gasteiger partial charge in [-0.25, -0.2) is 4.79 Å². The molecule has 0 radical (unpaired) electrons. The first kappa shape index (κ1) is 12.4. The van der Waals surface area contributed by atoms with E-state index < -0.39 is 0 Å². The number of aryl methyl sites for hydroxylation is 1. The Kier molecular flexibility index (Phi) is 3.20. The minimum atomic E-state index is 0.691. The van der Waals surface area contributed by atoms with Crippen molar-refractivity contribution in [3.63, 3.8) is 0 Å². The molecule has 0 saturated carbocycles. The molecule has 2 aromatic carbocycles. The van der Waals surface area contributed by atoms with Gasteiger partial charge in [-0.1, -0.05) is 35.9 Å². The van der Waals surface area contributed by atoms with Crippen molar-refractivity contribution in [1.29, 1.82) is 0 Å². The van der Waals surface area contributed by atoms with E-state index in [-0.39, 0.29) is 0 Å². The van der Waals surface area contributed by atoms with Crippen LogP contribution in [0.15, 0.2) is 53.7 Å². The van der Waals surface area contributed by atoms with Crippen molar-refractivity contribution in [2.24, 2.45) is 4.99 Å². The number of aliphatic imine (C=N–C) groups is 1. The third kappa shape index (κ3) is 2.27. The molecule has 3 heteroatoms. The Bertz CT molecular complexity index is 811. The predicted octanol–water partition coefficient (Wildman–Crippen LogP) is 4.03. The molecule has 0 spiro atoms. The lowest BCUT2D eigenvalue weighted by Gasteiger charge is -2.05. The zero-order valence-electron chi connectivity index (χ0n) is 11.2. The number of H-pyrrole nitrogens is 1. The van der Waals surface area contributed by atoms with Gasteiger partial charge in [0.25, 0.3) is 0 Å². The summed E-state index contributed by atoms with van der Waals surface area (Å²) in [6.45, 7) is 2.03. The van der Waals surface area contributed by atoms with E-state index in [4.69, 9.17) is 0 Å². The largest absolute Gasteiger partial charge is 0.361 e. The van der Waals surface area contributed by atoms with Gasteiger partial charge in [0.1, 0.15) is 0 Å². The summed E-state index contributed by atoms with van der Waals surface area (Å²) in [5, 5.41) is 1.20. The molecular weight excluding hydrogens is 248 g/mol. The highest BCUT2D eigenvalue weighted by Gasteiger charge is 2.07. The van der Waals surface area contributed by atoms with Crippen LogP contribution in [0.3, 0.4) is 0 Å². The van der Waals surface area contributed by atoms with E-state index in [1.54, 1.807) is 6.08 Å². The monoisotopic (exact) mass is 262 g/mol. The fraction of sp³-hybridized carbons (Fsp3) is 0.118. The molecule has 3 aromatic rings. The van der Waals surface area contributed by atoms with Crippen LogP contribution in [0.1, 0.15) is 16.7 Å². The van der Waals surface area contributed by atoms with Crippen LogP contribution in [0, 0.1) is 6.92 Å². The van der Waals surface area contributed by atoms with Crippen LogP contribution in [0.25, 0.3) is 10.9 Å². The second kappa shape index (κ2) is 5.16. The quantitative estimate of drug-likeness (QED) is 0.562. The van der Waals surface area contributed by atoms with Gasteiger partial charge in [-0.05, 0) is 30.2 Å². The molecule has 0 aliphatic heterocycles. The number of aromatic amines is 1. The topological polar surface area (TPSA) is 45.2 Å². The van der Waals surface area contributed by atoms with E-state index in [9.17, 15) is 4.79 Å². The fourth-order valence-corrected chi connectivity index (χ4v) is 2.50. The Labute approximate surface area is 117 Å². The summed E-state index contributed by atoms with van der Waals surface area (Å²) in [6.07, 6.45) is 4.39. The Balaban J connectivity index is 2.06. The van der Waals surface area contributed by atoms with Crippen LogP contribution in [-0.2, 0) is 11.2 Å². The molecule has 0 amide bonds. The normalized spacial score (nSPS) is 10.4. The van der Waals surface area contributed by atoms with Gasteiger partial charge in [0, 0.05) is 23.5 Å². The molecular formula is C17H14N2O. The van der Waals surface area contributed by atoms with Crippen LogP contribution in [0.4, 0.5) is 5.69 Å². The Morgan fingerprint density at radius 1 is 1.15 bits per heavy atom. The van der Waals surface area contributed by atoms with Gasteiger partial charge in [-0.2, -0.15) is 4.99 Å². The van der Waals surface area contributed by atoms with Gasteiger partial charge < -0.3 is 4.98 Å². The lowest BCUT2D eigenvalue weighted by molar-refractivity contribution is 0.565. The Hall–Kier alpha value is -2.64. The number of fused-ring (bicyclic) bond motifs is 1. The Morgan fingerprint density at radius 3 is 2.85 bits per heavy atom. The number of hydrogen-bond donors (Lipinski definition) is 1. The lowest BCUT2D eigenvalue weighted by Crippen LogP contribution is -1.89. The number of nitrogens with zero attached hydrogens (tertiary/aromatic N) is 1. The highest BCUT2D eigenvalue weighted by atomic mass is 16.1. The van der Waals surface area contributed by atoms with Gasteiger partial charge >= 0.3 is 0 Å². The molecule has 20 heavy (non-hydrogen) atoms. The zero-order chi connectivity index (χ0) is 13.9. The summed E-state index contributed by atoms with van der Waals surface area (Å²) in [5.41, 5.74) is 5.21. The average Bonchev–Trinajstić information content (AvgIpc) is 2.86. The summed E-state index contributed by atoms with van der Waals surface area (Å²) in [6, 6.07) is 14.1. The van der Waals surface area contributed by atoms with E-state index in [0.29, 0.717) is 5.69 Å². The first-order chi connectivity index (χ1) is 9.78. The van der Waals surface area contributed by atoms with Crippen LogP contribution >= 0.6 is 0 Å². The fourth-order valence-electron chi connectivity index (χ4n) is 2.50. The van der Waals surface area contributed by atoms with Crippen LogP contribution in [-0.4, -0.2) is 11.1 Å². The van der Waals surface area contributed by atoms with Crippen LogP contribution in [0.2, 0.25) is 0 Å². The van der Waals surface area contributed by atoms with Crippen molar-refractivity contribution < 1.29 is 4.79 Å². The van der Waals surface area contributed by atoms with Gasteiger partial charge in [0.05, 0.1) is 5.69 Å². The maximum Gasteiger partial charge on any atom is 0.240 e. The molecule has 0 aliphatic rings. The summed E-state index contributed by atoms with van der Waals surface area (Å²) < 4.78 is 0. The molecule has 1 N–H and O–H groups in total. The van der Waals surface area contributed by atoms with Crippen LogP contribution in [0.5, 0.6) is 0 Å². The number of isocyanates is 1. The second-order valence-electron chi connectivity index (χ2n) is 4.87. The summed E-state index contributed by atoms with van der Waals surface area (Å²) in [5.74, 6) is 0.